The van der Waals surface area contributed by atoms with Crippen molar-refractivity contribution in [3.8, 4) is 5.75 Å². The Morgan fingerprint density at radius 2 is 1.34 bits per heavy atom. The van der Waals surface area contributed by atoms with Crippen molar-refractivity contribution in [2.75, 3.05) is 82.4 Å². The van der Waals surface area contributed by atoms with Gasteiger partial charge >= 0.3 is 5.97 Å². The van der Waals surface area contributed by atoms with Crippen LogP contribution in [0.2, 0.25) is 0 Å². The van der Waals surface area contributed by atoms with Crippen molar-refractivity contribution in [2.24, 2.45) is 0 Å². The molecule has 0 bridgehead atoms. The quantitative estimate of drug-likeness (QED) is 0.0640. The van der Waals surface area contributed by atoms with E-state index in [0.29, 0.717) is 62.3 Å². The molecule has 0 fully saturated rings. The summed E-state index contributed by atoms with van der Waals surface area (Å²) in [6.45, 7) is 3.14. The van der Waals surface area contributed by atoms with Crippen LogP contribution in [0.15, 0.2) is 66.7 Å². The van der Waals surface area contributed by atoms with E-state index in [9.17, 15) is 14.4 Å². The van der Waals surface area contributed by atoms with Crippen LogP contribution in [0.4, 0.5) is 23.0 Å². The molecule has 14 heteroatoms. The number of nitrogen functional groups attached to an aromatic ring is 3. The van der Waals surface area contributed by atoms with Gasteiger partial charge in [0.1, 0.15) is 11.6 Å². The Balaban J connectivity index is 0.000000308. The highest BCUT2D eigenvalue weighted by molar-refractivity contribution is 5.99. The Kier molecular flexibility index (Phi) is 16.9. The zero-order valence-corrected chi connectivity index (χ0v) is 24.7. The summed E-state index contributed by atoms with van der Waals surface area (Å²) in [5, 5.41) is 5.03. The van der Waals surface area contributed by atoms with Gasteiger partial charge in [-0.2, -0.15) is 0 Å². The maximum Gasteiger partial charge on any atom is 0.313 e. The third-order valence-corrected chi connectivity index (χ3v) is 5.44. The first-order valence-corrected chi connectivity index (χ1v) is 13.7. The standard InChI is InChI=1S/C16H25NO6.C14H15N5O2/c1-19-8-9-21-12-13-22-11-10-20-7-6-16(18)23-15-5-3-2-4-14(15)17;15-10-6-7-11(19-13(10)16)18-12(20)8-17-14(21)9-4-2-1-3-5-9/h2-5H,6-13,17H2,1H3;1-7H,8,15H2,(H,17,21)(H3,16,18,19,20). The van der Waals surface area contributed by atoms with Gasteiger partial charge in [0, 0.05) is 12.7 Å². The average molecular weight is 613 g/mol. The number of methoxy groups -OCH3 is 1. The Morgan fingerprint density at radius 3 is 1.98 bits per heavy atom. The number of rotatable bonds is 17. The van der Waals surface area contributed by atoms with Gasteiger partial charge in [0.05, 0.1) is 70.6 Å². The van der Waals surface area contributed by atoms with Crippen molar-refractivity contribution in [3.05, 3.63) is 72.3 Å². The second kappa shape index (κ2) is 21.0. The zero-order chi connectivity index (χ0) is 32.0. The van der Waals surface area contributed by atoms with E-state index >= 15 is 0 Å². The lowest BCUT2D eigenvalue weighted by Crippen LogP contribution is -2.33. The molecule has 0 aliphatic rings. The zero-order valence-electron chi connectivity index (χ0n) is 24.7. The van der Waals surface area contributed by atoms with E-state index in [1.54, 1.807) is 67.8 Å². The van der Waals surface area contributed by atoms with E-state index < -0.39 is 5.91 Å². The lowest BCUT2D eigenvalue weighted by atomic mass is 10.2. The number of carbonyl (C=O) groups is 3. The summed E-state index contributed by atoms with van der Waals surface area (Å²) >= 11 is 0. The largest absolute Gasteiger partial charge is 0.424 e. The molecule has 0 radical (unpaired) electrons. The molecule has 0 aliphatic carbocycles. The molecule has 0 saturated heterocycles. The van der Waals surface area contributed by atoms with Crippen LogP contribution in [0.1, 0.15) is 16.8 Å². The van der Waals surface area contributed by atoms with E-state index in [1.807, 2.05) is 0 Å². The molecule has 0 atom stereocenters. The molecule has 0 saturated carbocycles. The Bertz CT molecular complexity index is 1300. The number of esters is 1. The molecule has 8 N–H and O–H groups in total. The van der Waals surface area contributed by atoms with Crippen molar-refractivity contribution >= 4 is 40.8 Å². The number of nitrogens with zero attached hydrogens (tertiary/aromatic N) is 1. The molecule has 1 heterocycles. The summed E-state index contributed by atoms with van der Waals surface area (Å²) in [6.07, 6.45) is 0.161. The third kappa shape index (κ3) is 14.9. The number of amides is 2. The molecule has 2 aromatic carbocycles. The molecule has 44 heavy (non-hydrogen) atoms. The summed E-state index contributed by atoms with van der Waals surface area (Å²) < 4.78 is 25.8. The van der Waals surface area contributed by atoms with Crippen LogP contribution >= 0.6 is 0 Å². The molecule has 14 nitrogen and oxygen atoms in total. The van der Waals surface area contributed by atoms with E-state index in [1.165, 1.54) is 6.07 Å². The number of hydrogen-bond donors (Lipinski definition) is 5. The van der Waals surface area contributed by atoms with Crippen molar-refractivity contribution in [1.82, 2.24) is 10.3 Å². The number of aromatic nitrogens is 1. The molecule has 0 unspecified atom stereocenters. The van der Waals surface area contributed by atoms with Gasteiger partial charge in [0.25, 0.3) is 5.91 Å². The normalized spacial score (nSPS) is 10.3. The monoisotopic (exact) mass is 612 g/mol. The fourth-order valence-electron chi connectivity index (χ4n) is 3.18. The second-order valence-electron chi connectivity index (χ2n) is 8.86. The molecule has 3 rings (SSSR count). The summed E-state index contributed by atoms with van der Waals surface area (Å²) in [5.74, 6) is -0.321. The smallest absolute Gasteiger partial charge is 0.313 e. The number of carbonyl (C=O) groups excluding carboxylic acids is 3. The van der Waals surface area contributed by atoms with E-state index in [2.05, 4.69) is 15.6 Å². The molecule has 0 aliphatic heterocycles. The van der Waals surface area contributed by atoms with Crippen molar-refractivity contribution in [1.29, 1.82) is 0 Å². The Labute approximate surface area is 256 Å². The molecular weight excluding hydrogens is 572 g/mol. The van der Waals surface area contributed by atoms with Crippen LogP contribution in [-0.4, -0.2) is 82.7 Å². The topological polar surface area (TPSA) is 212 Å². The van der Waals surface area contributed by atoms with Crippen LogP contribution in [0.25, 0.3) is 0 Å². The molecule has 2 amide bonds. The summed E-state index contributed by atoms with van der Waals surface area (Å²) in [7, 11) is 1.63. The van der Waals surface area contributed by atoms with Crippen molar-refractivity contribution < 1.29 is 38.1 Å². The van der Waals surface area contributed by atoms with Gasteiger partial charge in [-0.15, -0.1) is 0 Å². The first kappa shape index (κ1) is 35.4. The number of hydrogen-bond acceptors (Lipinski definition) is 12. The van der Waals surface area contributed by atoms with Gasteiger partial charge in [0.2, 0.25) is 5.91 Å². The van der Waals surface area contributed by atoms with Crippen molar-refractivity contribution in [2.45, 2.75) is 6.42 Å². The van der Waals surface area contributed by atoms with Gasteiger partial charge in [-0.05, 0) is 36.4 Å². The molecule has 0 spiro atoms. The maximum atomic E-state index is 11.8. The number of ether oxygens (including phenoxy) is 5. The average Bonchev–Trinajstić information content (AvgIpc) is 3.02. The van der Waals surface area contributed by atoms with Crippen molar-refractivity contribution in [3.63, 3.8) is 0 Å². The number of pyridine rings is 1. The minimum atomic E-state index is -0.407. The summed E-state index contributed by atoms with van der Waals surface area (Å²) in [4.78, 5) is 39.0. The number of nitrogens with one attached hydrogen (secondary N) is 2. The highest BCUT2D eigenvalue weighted by Crippen LogP contribution is 2.20. The fraction of sp³-hybridized carbons (Fsp3) is 0.333. The summed E-state index contributed by atoms with van der Waals surface area (Å²) in [6, 6.07) is 18.6. The third-order valence-electron chi connectivity index (χ3n) is 5.44. The van der Waals surface area contributed by atoms with Gasteiger partial charge in [-0.1, -0.05) is 30.3 Å². The molecular formula is C30H40N6O8. The summed E-state index contributed by atoms with van der Waals surface area (Å²) in [5.41, 5.74) is 18.0. The molecule has 1 aromatic heterocycles. The Hall–Kier alpha value is -4.76. The van der Waals surface area contributed by atoms with Gasteiger partial charge in [0.15, 0.2) is 5.75 Å². The minimum Gasteiger partial charge on any atom is -0.424 e. The highest BCUT2D eigenvalue weighted by atomic mass is 16.6. The van der Waals surface area contributed by atoms with Crippen LogP contribution in [-0.2, 0) is 28.5 Å². The van der Waals surface area contributed by atoms with Crippen LogP contribution in [0, 0.1) is 0 Å². The van der Waals surface area contributed by atoms with Crippen LogP contribution < -0.4 is 32.6 Å². The lowest BCUT2D eigenvalue weighted by molar-refractivity contribution is -0.135. The predicted octanol–water partition coefficient (Wildman–Crippen LogP) is 1.88. The fourth-order valence-corrected chi connectivity index (χ4v) is 3.18. The number of para-hydroxylation sites is 2. The van der Waals surface area contributed by atoms with Gasteiger partial charge in [-0.25, -0.2) is 4.98 Å². The Morgan fingerprint density at radius 1 is 0.727 bits per heavy atom. The lowest BCUT2D eigenvalue weighted by Gasteiger charge is -2.08. The molecule has 3 aromatic rings. The van der Waals surface area contributed by atoms with Crippen LogP contribution in [0.3, 0.4) is 0 Å². The predicted molar refractivity (Wildman–Crippen MR) is 166 cm³/mol. The first-order valence-electron chi connectivity index (χ1n) is 13.7. The van der Waals surface area contributed by atoms with Crippen LogP contribution in [0.5, 0.6) is 5.75 Å². The SMILES string of the molecule is COCCOCCOCCOCCC(=O)Oc1ccccc1N.Nc1ccc(NC(=O)CNC(=O)c2ccccc2)nc1N. The number of nitrogens with two attached hydrogens (primary N) is 3. The highest BCUT2D eigenvalue weighted by Gasteiger charge is 2.09. The molecule has 238 valence electrons. The first-order chi connectivity index (χ1) is 21.3. The number of anilines is 4. The van der Waals surface area contributed by atoms with Gasteiger partial charge < -0.3 is 51.5 Å². The minimum absolute atomic E-state index is 0.140. The van der Waals surface area contributed by atoms with E-state index in [0.717, 1.165) is 0 Å². The maximum absolute atomic E-state index is 11.8. The second-order valence-corrected chi connectivity index (χ2v) is 8.86. The van der Waals surface area contributed by atoms with E-state index in [-0.39, 0.29) is 43.1 Å². The van der Waals surface area contributed by atoms with Gasteiger partial charge in [-0.3, -0.25) is 14.4 Å². The van der Waals surface area contributed by atoms with E-state index in [4.69, 9.17) is 40.9 Å². The number of benzene rings is 2.